The van der Waals surface area contributed by atoms with Crippen LogP contribution in [0.4, 0.5) is 18.9 Å². The molecule has 0 unspecified atom stereocenters. The van der Waals surface area contributed by atoms with E-state index in [9.17, 15) is 18.0 Å². The van der Waals surface area contributed by atoms with Crippen LogP contribution in [0.5, 0.6) is 0 Å². The molecule has 0 aliphatic carbocycles. The van der Waals surface area contributed by atoms with Crippen LogP contribution in [0.1, 0.15) is 10.4 Å². The summed E-state index contributed by atoms with van der Waals surface area (Å²) < 4.78 is 39.8. The summed E-state index contributed by atoms with van der Waals surface area (Å²) in [5.74, 6) is -6.24. The number of hydrogen-bond acceptors (Lipinski definition) is 2. The highest BCUT2D eigenvalue weighted by Crippen LogP contribution is 2.29. The zero-order valence-corrected chi connectivity index (χ0v) is 9.55. The number of hydrogen-bond donors (Lipinski definition) is 1. The van der Waals surface area contributed by atoms with Gasteiger partial charge in [-0.25, -0.2) is 18.0 Å². The van der Waals surface area contributed by atoms with Crippen LogP contribution in [0.3, 0.4) is 0 Å². The van der Waals surface area contributed by atoms with Gasteiger partial charge in [-0.05, 0) is 6.07 Å². The molecule has 0 spiro atoms. The monoisotopic (exact) mass is 331 g/mol. The molecule has 1 aromatic carbocycles. The molecule has 15 heavy (non-hydrogen) atoms. The summed E-state index contributed by atoms with van der Waals surface area (Å²) in [6, 6.07) is 0.450. The van der Waals surface area contributed by atoms with Crippen LogP contribution in [0.2, 0.25) is 0 Å². The Morgan fingerprint density at radius 1 is 1.40 bits per heavy atom. The molecule has 0 aromatic heterocycles. The molecule has 1 rings (SSSR count). The first-order valence-corrected chi connectivity index (χ1v) is 4.63. The van der Waals surface area contributed by atoms with Crippen molar-refractivity contribution in [1.82, 2.24) is 0 Å². The fourth-order valence-corrected chi connectivity index (χ4v) is 1.52. The molecule has 0 aliphatic heterocycles. The minimum Gasteiger partial charge on any atom is -0.478 e. The average Bonchev–Trinajstić information content (AvgIpc) is 2.12. The predicted octanol–water partition coefficient (Wildman–Crippen LogP) is 2.59. The van der Waals surface area contributed by atoms with E-state index in [-0.39, 0.29) is 0 Å². The van der Waals surface area contributed by atoms with E-state index in [1.807, 2.05) is 0 Å². The Morgan fingerprint density at radius 3 is 2.33 bits per heavy atom. The number of anilines is 1. The Labute approximate surface area is 97.0 Å². The Hall–Kier alpha value is -0.990. The lowest BCUT2D eigenvalue weighted by atomic mass is 10.1. The molecule has 0 aliphatic rings. The second-order valence-electron chi connectivity index (χ2n) is 2.66. The molecule has 0 saturated heterocycles. The zero-order chi connectivity index (χ0) is 11.7. The third kappa shape index (κ3) is 2.16. The van der Waals surface area contributed by atoms with Gasteiger partial charge in [0.2, 0.25) is 0 Å². The van der Waals surface area contributed by atoms with E-state index in [0.717, 1.165) is 3.11 Å². The van der Waals surface area contributed by atoms with E-state index >= 15 is 0 Å². The van der Waals surface area contributed by atoms with Gasteiger partial charge in [0.05, 0.1) is 34.1 Å². The normalized spacial score (nSPS) is 10.2. The Kier molecular flexibility index (Phi) is 3.42. The average molecular weight is 331 g/mol. The van der Waals surface area contributed by atoms with Gasteiger partial charge in [-0.3, -0.25) is 0 Å². The molecule has 82 valence electrons. The van der Waals surface area contributed by atoms with Crippen LogP contribution in [0, 0.1) is 17.5 Å². The van der Waals surface area contributed by atoms with Crippen molar-refractivity contribution in [3.63, 3.8) is 0 Å². The summed E-state index contributed by atoms with van der Waals surface area (Å²) in [7, 11) is 1.32. The molecule has 0 fully saturated rings. The van der Waals surface area contributed by atoms with Gasteiger partial charge < -0.3 is 8.22 Å². The first-order chi connectivity index (χ1) is 6.86. The number of benzene rings is 1. The summed E-state index contributed by atoms with van der Waals surface area (Å²) in [6.07, 6.45) is 0. The highest BCUT2D eigenvalue weighted by Gasteiger charge is 2.24. The summed E-state index contributed by atoms with van der Waals surface area (Å²) >= 11 is 1.56. The maximum atomic E-state index is 13.2. The van der Waals surface area contributed by atoms with Crippen molar-refractivity contribution in [3.05, 3.63) is 29.1 Å². The standard InChI is InChI=1S/C8H5F3INO2/c1-13(12)7-3(8(14)15)2-4(9)5(10)6(7)11/h2H,1H3,(H,14,15). The second-order valence-corrected chi connectivity index (χ2v) is 4.11. The number of rotatable bonds is 2. The topological polar surface area (TPSA) is 40.5 Å². The van der Waals surface area contributed by atoms with Crippen molar-refractivity contribution >= 4 is 34.5 Å². The van der Waals surface area contributed by atoms with Crippen LogP contribution >= 0.6 is 22.9 Å². The fraction of sp³-hybridized carbons (Fsp3) is 0.125. The molecule has 0 bridgehead atoms. The van der Waals surface area contributed by atoms with Gasteiger partial charge in [-0.15, -0.1) is 0 Å². The summed E-state index contributed by atoms with van der Waals surface area (Å²) in [5, 5.41) is 8.67. The van der Waals surface area contributed by atoms with Crippen molar-refractivity contribution in [2.45, 2.75) is 0 Å². The van der Waals surface area contributed by atoms with Crippen LogP contribution < -0.4 is 3.11 Å². The number of aromatic carboxylic acids is 1. The minimum absolute atomic E-state index is 0.450. The van der Waals surface area contributed by atoms with Crippen molar-refractivity contribution in [2.24, 2.45) is 0 Å². The molecule has 1 N–H and O–H groups in total. The van der Waals surface area contributed by atoms with Gasteiger partial charge >= 0.3 is 5.97 Å². The van der Waals surface area contributed by atoms with Crippen LogP contribution in [-0.4, -0.2) is 18.1 Å². The van der Waals surface area contributed by atoms with E-state index in [1.54, 1.807) is 22.9 Å². The lowest BCUT2D eigenvalue weighted by Gasteiger charge is -2.14. The quantitative estimate of drug-likeness (QED) is 0.515. The minimum atomic E-state index is -1.68. The van der Waals surface area contributed by atoms with Gasteiger partial charge in [-0.2, -0.15) is 0 Å². The van der Waals surface area contributed by atoms with E-state index in [4.69, 9.17) is 5.11 Å². The molecule has 0 saturated carbocycles. The molecule has 0 amide bonds. The molecule has 0 radical (unpaired) electrons. The zero-order valence-electron chi connectivity index (χ0n) is 7.39. The van der Waals surface area contributed by atoms with Gasteiger partial charge in [0.15, 0.2) is 17.5 Å². The second kappa shape index (κ2) is 4.25. The lowest BCUT2D eigenvalue weighted by Crippen LogP contribution is -2.12. The smallest absolute Gasteiger partial charge is 0.338 e. The first kappa shape index (κ1) is 12.1. The predicted molar refractivity (Wildman–Crippen MR) is 55.7 cm³/mol. The third-order valence-corrected chi connectivity index (χ3v) is 2.16. The highest BCUT2D eigenvalue weighted by atomic mass is 127. The Bertz CT molecular complexity index is 423. The number of nitrogens with zero attached hydrogens (tertiary/aromatic N) is 1. The molecule has 3 nitrogen and oxygen atoms in total. The molecular weight excluding hydrogens is 326 g/mol. The third-order valence-electron chi connectivity index (χ3n) is 1.68. The molecule has 0 heterocycles. The number of carboxylic acids is 1. The molecule has 1 aromatic rings. The van der Waals surface area contributed by atoms with Crippen molar-refractivity contribution in [2.75, 3.05) is 10.2 Å². The van der Waals surface area contributed by atoms with Crippen LogP contribution in [-0.2, 0) is 0 Å². The van der Waals surface area contributed by atoms with Crippen LogP contribution in [0.25, 0.3) is 0 Å². The van der Waals surface area contributed by atoms with E-state index < -0.39 is 34.7 Å². The van der Waals surface area contributed by atoms with E-state index in [0.29, 0.717) is 6.07 Å². The Balaban J connectivity index is 3.58. The van der Waals surface area contributed by atoms with Crippen molar-refractivity contribution < 1.29 is 23.1 Å². The largest absolute Gasteiger partial charge is 0.478 e. The summed E-state index contributed by atoms with van der Waals surface area (Å²) in [5.41, 5.74) is -1.12. The van der Waals surface area contributed by atoms with Gasteiger partial charge in [0.25, 0.3) is 0 Å². The first-order valence-electron chi connectivity index (χ1n) is 3.66. The number of halogens is 4. The van der Waals surface area contributed by atoms with Gasteiger partial charge in [0, 0.05) is 7.05 Å². The highest BCUT2D eigenvalue weighted by molar-refractivity contribution is 14.1. The van der Waals surface area contributed by atoms with Gasteiger partial charge in [0.1, 0.15) is 0 Å². The molecule has 0 atom stereocenters. The van der Waals surface area contributed by atoms with Crippen LogP contribution in [0.15, 0.2) is 6.07 Å². The SMILES string of the molecule is CN(I)c1c(C(=O)O)cc(F)c(F)c1F. The molecular formula is C8H5F3INO2. The Morgan fingerprint density at radius 2 is 1.93 bits per heavy atom. The number of carbonyl (C=O) groups is 1. The van der Waals surface area contributed by atoms with E-state index in [1.165, 1.54) is 7.05 Å². The maximum absolute atomic E-state index is 13.2. The maximum Gasteiger partial charge on any atom is 0.338 e. The van der Waals surface area contributed by atoms with Gasteiger partial charge in [-0.1, -0.05) is 0 Å². The lowest BCUT2D eigenvalue weighted by molar-refractivity contribution is 0.0696. The van der Waals surface area contributed by atoms with Crippen molar-refractivity contribution in [3.8, 4) is 0 Å². The fourth-order valence-electron chi connectivity index (χ4n) is 1.05. The number of carboxylic acid groups (broad SMARTS) is 1. The van der Waals surface area contributed by atoms with E-state index in [2.05, 4.69) is 0 Å². The summed E-state index contributed by atoms with van der Waals surface area (Å²) in [4.78, 5) is 10.7. The summed E-state index contributed by atoms with van der Waals surface area (Å²) in [6.45, 7) is 0. The van der Waals surface area contributed by atoms with Crippen molar-refractivity contribution in [1.29, 1.82) is 0 Å². The molecule has 7 heteroatoms.